The van der Waals surface area contributed by atoms with E-state index < -0.39 is 16.2 Å². The summed E-state index contributed by atoms with van der Waals surface area (Å²) in [5, 5.41) is 18.5. The van der Waals surface area contributed by atoms with Crippen LogP contribution in [0, 0.1) is 12.7 Å². The fraction of sp³-hybridized carbons (Fsp3) is 0.0952. The Bertz CT molecular complexity index is 1340. The number of carboxylic acids is 1. The number of nitrogens with one attached hydrogen (secondary N) is 1. The summed E-state index contributed by atoms with van der Waals surface area (Å²) in [6, 6.07) is 13.3. The Balaban J connectivity index is 0.000000195. The lowest BCUT2D eigenvalue weighted by Gasteiger charge is -2.03. The summed E-state index contributed by atoms with van der Waals surface area (Å²) in [4.78, 5) is 15.0. The Morgan fingerprint density at radius 1 is 1.09 bits per heavy atom. The predicted molar refractivity (Wildman–Crippen MR) is 117 cm³/mol. The summed E-state index contributed by atoms with van der Waals surface area (Å²) >= 11 is 0. The molecule has 0 aliphatic heterocycles. The van der Waals surface area contributed by atoms with Gasteiger partial charge in [0.25, 0.3) is 10.2 Å². The molecule has 2 heterocycles. The number of aromatic nitrogens is 3. The smallest absolute Gasteiger partial charge is 0.338 e. The molecule has 4 aromatic rings. The molecule has 0 unspecified atom stereocenters. The van der Waals surface area contributed by atoms with E-state index in [1.54, 1.807) is 12.1 Å². The monoisotopic (exact) mass is 457 g/mol. The topological polar surface area (TPSA) is 140 Å². The van der Waals surface area contributed by atoms with Gasteiger partial charge in [0, 0.05) is 18.1 Å². The fourth-order valence-electron chi connectivity index (χ4n) is 2.79. The molecule has 0 aliphatic rings. The third-order valence-corrected chi connectivity index (χ3v) is 4.94. The normalized spacial score (nSPS) is 11.1. The average Bonchev–Trinajstić information content (AvgIpc) is 3.18. The first-order valence-electron chi connectivity index (χ1n) is 9.28. The molecule has 0 atom stereocenters. The van der Waals surface area contributed by atoms with E-state index in [2.05, 4.69) is 14.8 Å². The van der Waals surface area contributed by atoms with Gasteiger partial charge in [-0.1, -0.05) is 29.8 Å². The Morgan fingerprint density at radius 3 is 2.34 bits per heavy atom. The van der Waals surface area contributed by atoms with Crippen molar-refractivity contribution in [2.24, 2.45) is 5.14 Å². The molecule has 0 saturated heterocycles. The van der Waals surface area contributed by atoms with Crippen LogP contribution >= 0.6 is 0 Å². The van der Waals surface area contributed by atoms with Crippen molar-refractivity contribution < 1.29 is 22.7 Å². The Hall–Kier alpha value is -3.67. The summed E-state index contributed by atoms with van der Waals surface area (Å²) in [5.74, 6) is -1.40. The third kappa shape index (κ3) is 5.94. The number of carboxylic acid groups (broad SMARTS) is 1. The van der Waals surface area contributed by atoms with Crippen molar-refractivity contribution in [3.05, 3.63) is 89.6 Å². The van der Waals surface area contributed by atoms with Crippen molar-refractivity contribution >= 4 is 27.1 Å². The number of halogens is 1. The maximum absolute atomic E-state index is 12.9. The molecular weight excluding hydrogens is 437 g/mol. The molecule has 32 heavy (non-hydrogen) atoms. The van der Waals surface area contributed by atoms with Crippen LogP contribution in [0.5, 0.6) is 0 Å². The second kappa shape index (κ2) is 9.64. The van der Waals surface area contributed by atoms with Crippen LogP contribution in [0.25, 0.3) is 16.6 Å². The number of carbonyl (C=O) groups is 1. The second-order valence-corrected chi connectivity index (χ2v) is 8.19. The van der Waals surface area contributed by atoms with Crippen LogP contribution in [-0.2, 0) is 16.8 Å². The van der Waals surface area contributed by atoms with E-state index in [0.29, 0.717) is 16.6 Å². The second-order valence-electron chi connectivity index (χ2n) is 6.81. The van der Waals surface area contributed by atoms with Gasteiger partial charge in [-0.25, -0.2) is 19.0 Å². The Morgan fingerprint density at radius 2 is 1.75 bits per heavy atom. The highest BCUT2D eigenvalue weighted by Crippen LogP contribution is 2.20. The average molecular weight is 457 g/mol. The van der Waals surface area contributed by atoms with Gasteiger partial charge in [0.15, 0.2) is 0 Å². The summed E-state index contributed by atoms with van der Waals surface area (Å²) in [6.07, 6.45) is 4.27. The Labute approximate surface area is 183 Å². The molecule has 0 spiro atoms. The molecule has 0 radical (unpaired) electrons. The molecule has 0 amide bonds. The highest BCUT2D eigenvalue weighted by Gasteiger charge is 2.13. The van der Waals surface area contributed by atoms with E-state index in [0.717, 1.165) is 11.1 Å². The lowest BCUT2D eigenvalue weighted by atomic mass is 10.2. The number of aryl methyl sites for hydroxylation is 1. The van der Waals surface area contributed by atoms with Crippen molar-refractivity contribution in [1.82, 2.24) is 19.5 Å². The van der Waals surface area contributed by atoms with Crippen molar-refractivity contribution in [3.63, 3.8) is 0 Å². The zero-order valence-electron chi connectivity index (χ0n) is 16.9. The number of rotatable bonds is 5. The largest absolute Gasteiger partial charge is 0.478 e. The lowest BCUT2D eigenvalue weighted by Crippen LogP contribution is -2.30. The maximum Gasteiger partial charge on any atom is 0.338 e. The van der Waals surface area contributed by atoms with Crippen LogP contribution in [0.4, 0.5) is 4.39 Å². The van der Waals surface area contributed by atoms with Crippen molar-refractivity contribution in [1.29, 1.82) is 0 Å². The quantitative estimate of drug-likeness (QED) is 0.421. The van der Waals surface area contributed by atoms with Crippen molar-refractivity contribution in [2.45, 2.75) is 13.5 Å². The molecule has 0 saturated carbocycles. The van der Waals surface area contributed by atoms with Crippen LogP contribution in [0.3, 0.4) is 0 Å². The van der Waals surface area contributed by atoms with Gasteiger partial charge in [-0.3, -0.25) is 4.98 Å². The zero-order valence-corrected chi connectivity index (χ0v) is 17.8. The number of pyridine rings is 1. The minimum Gasteiger partial charge on any atom is -0.478 e. The van der Waals surface area contributed by atoms with Crippen LogP contribution in [-0.4, -0.2) is 34.3 Å². The van der Waals surface area contributed by atoms with Gasteiger partial charge in [-0.2, -0.15) is 18.2 Å². The van der Waals surface area contributed by atoms with Crippen LogP contribution in [0.1, 0.15) is 21.5 Å². The van der Waals surface area contributed by atoms with Crippen LogP contribution in [0.2, 0.25) is 0 Å². The lowest BCUT2D eigenvalue weighted by molar-refractivity contribution is 0.0698. The number of hydrogen-bond acceptors (Lipinski definition) is 5. The van der Waals surface area contributed by atoms with E-state index in [-0.39, 0.29) is 17.9 Å². The molecule has 166 valence electrons. The van der Waals surface area contributed by atoms with Gasteiger partial charge >= 0.3 is 5.97 Å². The Kier molecular flexibility index (Phi) is 6.93. The van der Waals surface area contributed by atoms with E-state index in [4.69, 9.17) is 10.2 Å². The van der Waals surface area contributed by atoms with E-state index in [1.165, 1.54) is 35.4 Å². The van der Waals surface area contributed by atoms with Gasteiger partial charge in [0.1, 0.15) is 5.82 Å². The summed E-state index contributed by atoms with van der Waals surface area (Å²) in [7, 11) is -3.58. The van der Waals surface area contributed by atoms with Crippen LogP contribution in [0.15, 0.2) is 67.1 Å². The summed E-state index contributed by atoms with van der Waals surface area (Å²) in [6.45, 7) is 2.20. The molecule has 9 nitrogen and oxygen atoms in total. The first-order valence-corrected chi connectivity index (χ1v) is 10.8. The SMILES string of the molecule is Cc1ccc(CNS(N)(=O)=O)cc1.O=C(O)c1cncc2c1cnn2-c1ccc(F)cc1. The first kappa shape index (κ1) is 23.0. The molecule has 11 heteroatoms. The maximum atomic E-state index is 12.9. The first-order chi connectivity index (χ1) is 15.1. The minimum atomic E-state index is -3.58. The summed E-state index contributed by atoms with van der Waals surface area (Å²) < 4.78 is 37.7. The molecular formula is C21H20FN5O4S. The molecule has 4 rings (SSSR count). The number of aromatic carboxylic acids is 1. The predicted octanol–water partition coefficient (Wildman–Crippen LogP) is 2.55. The van der Waals surface area contributed by atoms with Crippen LogP contribution < -0.4 is 9.86 Å². The van der Waals surface area contributed by atoms with Gasteiger partial charge in [-0.15, -0.1) is 0 Å². The molecule has 0 aliphatic carbocycles. The number of hydrogen-bond donors (Lipinski definition) is 3. The summed E-state index contributed by atoms with van der Waals surface area (Å²) in [5.41, 5.74) is 3.32. The molecule has 2 aromatic carbocycles. The van der Waals surface area contributed by atoms with Gasteiger partial charge in [-0.05, 0) is 36.8 Å². The number of nitrogens with two attached hydrogens (primary N) is 1. The van der Waals surface area contributed by atoms with Gasteiger partial charge < -0.3 is 5.11 Å². The third-order valence-electron chi connectivity index (χ3n) is 4.40. The zero-order chi connectivity index (χ0) is 23.3. The van der Waals surface area contributed by atoms with Gasteiger partial charge in [0.2, 0.25) is 0 Å². The van der Waals surface area contributed by atoms with E-state index in [9.17, 15) is 17.6 Å². The van der Waals surface area contributed by atoms with Crippen molar-refractivity contribution in [2.75, 3.05) is 0 Å². The molecule has 2 aromatic heterocycles. The molecule has 4 N–H and O–H groups in total. The highest BCUT2D eigenvalue weighted by atomic mass is 32.2. The number of nitrogens with zero attached hydrogens (tertiary/aromatic N) is 3. The minimum absolute atomic E-state index is 0.0888. The van der Waals surface area contributed by atoms with E-state index >= 15 is 0 Å². The standard InChI is InChI=1S/C13H8FN3O2.C8H12N2O2S/c14-8-1-3-9(4-2-8)17-12-7-15-5-11(13(18)19)10(12)6-16-17;1-7-2-4-8(5-3-7)6-10-13(9,11)12/h1-7H,(H,18,19);2-5,10H,6H2,1H3,(H2,9,11,12). The fourth-order valence-corrected chi connectivity index (χ4v) is 3.16. The molecule has 0 fully saturated rings. The number of benzene rings is 2. The van der Waals surface area contributed by atoms with Crippen molar-refractivity contribution in [3.8, 4) is 5.69 Å². The number of fused-ring (bicyclic) bond motifs is 1. The van der Waals surface area contributed by atoms with E-state index in [1.807, 2.05) is 31.2 Å². The highest BCUT2D eigenvalue weighted by molar-refractivity contribution is 7.87. The molecule has 0 bridgehead atoms. The van der Waals surface area contributed by atoms with Gasteiger partial charge in [0.05, 0.1) is 29.2 Å².